The van der Waals surface area contributed by atoms with E-state index in [-0.39, 0.29) is 18.3 Å². The number of hydrogen-bond acceptors (Lipinski definition) is 4. The van der Waals surface area contributed by atoms with Gasteiger partial charge in [-0.05, 0) is 20.3 Å². The van der Waals surface area contributed by atoms with E-state index in [1.165, 1.54) is 0 Å². The van der Waals surface area contributed by atoms with Gasteiger partial charge >= 0.3 is 6.18 Å². The second-order valence-electron chi connectivity index (χ2n) is 5.49. The summed E-state index contributed by atoms with van der Waals surface area (Å²) in [5.41, 5.74) is 5.34. The summed E-state index contributed by atoms with van der Waals surface area (Å²) in [5.74, 6) is 0. The normalized spacial score (nSPS) is 24.6. The number of halogens is 3. The van der Waals surface area contributed by atoms with E-state index in [1.807, 2.05) is 13.8 Å². The fourth-order valence-corrected chi connectivity index (χ4v) is 2.29. The van der Waals surface area contributed by atoms with E-state index >= 15 is 0 Å². The number of alkyl halides is 3. The standard InChI is InChI=1S/C12H23F3N2O2/c1-11(2)8-17(7-10(6-16)19-11)4-3-5-18-9-12(13,14)15/h10H,3-9,16H2,1-2H3. The number of rotatable bonds is 6. The van der Waals surface area contributed by atoms with Crippen molar-refractivity contribution in [1.29, 1.82) is 0 Å². The molecule has 2 N–H and O–H groups in total. The molecule has 1 aliphatic rings. The second kappa shape index (κ2) is 6.88. The van der Waals surface area contributed by atoms with E-state index in [0.717, 1.165) is 13.1 Å². The van der Waals surface area contributed by atoms with Gasteiger partial charge in [-0.25, -0.2) is 0 Å². The average molecular weight is 284 g/mol. The van der Waals surface area contributed by atoms with E-state index < -0.39 is 12.8 Å². The summed E-state index contributed by atoms with van der Waals surface area (Å²) in [7, 11) is 0. The van der Waals surface area contributed by atoms with E-state index in [2.05, 4.69) is 9.64 Å². The summed E-state index contributed by atoms with van der Waals surface area (Å²) in [6, 6.07) is 0. The molecule has 0 aromatic rings. The minimum atomic E-state index is -4.24. The molecule has 0 aliphatic carbocycles. The molecule has 0 radical (unpaired) electrons. The van der Waals surface area contributed by atoms with E-state index in [1.54, 1.807) is 0 Å². The smallest absolute Gasteiger partial charge is 0.372 e. The maximum atomic E-state index is 11.9. The zero-order valence-corrected chi connectivity index (χ0v) is 11.5. The van der Waals surface area contributed by atoms with Crippen LogP contribution in [-0.2, 0) is 9.47 Å². The number of ether oxygens (including phenoxy) is 2. The number of nitrogens with two attached hydrogens (primary N) is 1. The van der Waals surface area contributed by atoms with Gasteiger partial charge in [0.25, 0.3) is 0 Å². The third-order valence-electron chi connectivity index (χ3n) is 2.84. The summed E-state index contributed by atoms with van der Waals surface area (Å²) in [6.45, 7) is 5.54. The zero-order valence-electron chi connectivity index (χ0n) is 11.5. The minimum absolute atomic E-state index is 0.0140. The number of nitrogens with zero attached hydrogens (tertiary/aromatic N) is 1. The summed E-state index contributed by atoms with van der Waals surface area (Å²) in [4.78, 5) is 2.16. The van der Waals surface area contributed by atoms with Gasteiger partial charge in [-0.2, -0.15) is 13.2 Å². The van der Waals surface area contributed by atoms with Crippen LogP contribution >= 0.6 is 0 Å². The molecular weight excluding hydrogens is 261 g/mol. The van der Waals surface area contributed by atoms with Crippen molar-refractivity contribution < 1.29 is 22.6 Å². The summed E-state index contributed by atoms with van der Waals surface area (Å²) in [6.07, 6.45) is -3.69. The Bertz CT molecular complexity index is 272. The number of morpholine rings is 1. The predicted molar refractivity (Wildman–Crippen MR) is 65.9 cm³/mol. The maximum Gasteiger partial charge on any atom is 0.411 e. The van der Waals surface area contributed by atoms with Crippen LogP contribution in [0.15, 0.2) is 0 Å². The largest absolute Gasteiger partial charge is 0.411 e. The SMILES string of the molecule is CC1(C)CN(CCCOCC(F)(F)F)CC(CN)O1. The molecule has 1 atom stereocenters. The molecule has 1 saturated heterocycles. The molecule has 0 aromatic carbocycles. The quantitative estimate of drug-likeness (QED) is 0.749. The summed E-state index contributed by atoms with van der Waals surface area (Å²) >= 11 is 0. The third-order valence-corrected chi connectivity index (χ3v) is 2.84. The van der Waals surface area contributed by atoms with Crippen LogP contribution in [0.2, 0.25) is 0 Å². The Morgan fingerprint density at radius 1 is 1.42 bits per heavy atom. The molecule has 0 saturated carbocycles. The molecule has 0 amide bonds. The molecule has 1 rings (SSSR count). The predicted octanol–water partition coefficient (Wildman–Crippen LogP) is 1.39. The first-order chi connectivity index (χ1) is 8.72. The monoisotopic (exact) mass is 284 g/mol. The van der Waals surface area contributed by atoms with Crippen molar-refractivity contribution in [2.75, 3.05) is 39.4 Å². The van der Waals surface area contributed by atoms with Crippen LogP contribution < -0.4 is 5.73 Å². The highest BCUT2D eigenvalue weighted by Gasteiger charge is 2.32. The highest BCUT2D eigenvalue weighted by molar-refractivity contribution is 4.84. The molecule has 114 valence electrons. The molecule has 4 nitrogen and oxygen atoms in total. The van der Waals surface area contributed by atoms with Crippen molar-refractivity contribution in [3.05, 3.63) is 0 Å². The fraction of sp³-hybridized carbons (Fsp3) is 1.00. The Balaban J connectivity index is 2.21. The average Bonchev–Trinajstić information content (AvgIpc) is 2.24. The van der Waals surface area contributed by atoms with Gasteiger partial charge in [-0.3, -0.25) is 4.90 Å². The lowest BCUT2D eigenvalue weighted by Crippen LogP contribution is -2.54. The Morgan fingerprint density at radius 2 is 2.11 bits per heavy atom. The molecule has 1 heterocycles. The molecule has 1 aliphatic heterocycles. The Labute approximate surface area is 112 Å². The lowest BCUT2D eigenvalue weighted by molar-refractivity contribution is -0.174. The molecule has 0 bridgehead atoms. The van der Waals surface area contributed by atoms with Crippen LogP contribution in [0.25, 0.3) is 0 Å². The van der Waals surface area contributed by atoms with Gasteiger partial charge in [0.1, 0.15) is 6.61 Å². The first kappa shape index (κ1) is 16.7. The Kier molecular flexibility index (Phi) is 6.04. The molecule has 19 heavy (non-hydrogen) atoms. The van der Waals surface area contributed by atoms with Gasteiger partial charge in [0.2, 0.25) is 0 Å². The highest BCUT2D eigenvalue weighted by atomic mass is 19.4. The third kappa shape index (κ3) is 7.10. The van der Waals surface area contributed by atoms with Gasteiger partial charge in [-0.15, -0.1) is 0 Å². The lowest BCUT2D eigenvalue weighted by atomic mass is 10.0. The maximum absolute atomic E-state index is 11.9. The van der Waals surface area contributed by atoms with E-state index in [4.69, 9.17) is 10.5 Å². The van der Waals surface area contributed by atoms with Gasteiger partial charge in [0, 0.05) is 32.8 Å². The number of hydrogen-bond donors (Lipinski definition) is 1. The van der Waals surface area contributed by atoms with Crippen molar-refractivity contribution in [1.82, 2.24) is 4.90 Å². The van der Waals surface area contributed by atoms with Gasteiger partial charge in [-0.1, -0.05) is 0 Å². The van der Waals surface area contributed by atoms with Crippen LogP contribution in [-0.4, -0.2) is 62.2 Å². The van der Waals surface area contributed by atoms with Crippen LogP contribution in [0.1, 0.15) is 20.3 Å². The Hall–Kier alpha value is -0.370. The summed E-state index contributed by atoms with van der Waals surface area (Å²) in [5, 5.41) is 0. The van der Waals surface area contributed by atoms with E-state index in [0.29, 0.717) is 19.5 Å². The second-order valence-corrected chi connectivity index (χ2v) is 5.49. The molecule has 1 unspecified atom stereocenters. The van der Waals surface area contributed by atoms with Crippen LogP contribution in [0.4, 0.5) is 13.2 Å². The van der Waals surface area contributed by atoms with Gasteiger partial charge < -0.3 is 15.2 Å². The Morgan fingerprint density at radius 3 is 2.68 bits per heavy atom. The first-order valence-corrected chi connectivity index (χ1v) is 6.46. The van der Waals surface area contributed by atoms with Crippen LogP contribution in [0, 0.1) is 0 Å². The molecular formula is C12H23F3N2O2. The van der Waals surface area contributed by atoms with Gasteiger partial charge in [0.15, 0.2) is 0 Å². The first-order valence-electron chi connectivity index (χ1n) is 6.46. The molecule has 0 spiro atoms. The van der Waals surface area contributed by atoms with Gasteiger partial charge in [0.05, 0.1) is 11.7 Å². The van der Waals surface area contributed by atoms with Crippen molar-refractivity contribution in [3.8, 4) is 0 Å². The fourth-order valence-electron chi connectivity index (χ4n) is 2.29. The zero-order chi connectivity index (χ0) is 14.5. The van der Waals surface area contributed by atoms with Crippen molar-refractivity contribution in [2.45, 2.75) is 38.1 Å². The van der Waals surface area contributed by atoms with Crippen LogP contribution in [0.5, 0.6) is 0 Å². The van der Waals surface area contributed by atoms with Crippen molar-refractivity contribution >= 4 is 0 Å². The molecule has 7 heteroatoms. The molecule has 1 fully saturated rings. The minimum Gasteiger partial charge on any atom is -0.372 e. The highest BCUT2D eigenvalue weighted by Crippen LogP contribution is 2.20. The van der Waals surface area contributed by atoms with E-state index in [9.17, 15) is 13.2 Å². The topological polar surface area (TPSA) is 47.7 Å². The van der Waals surface area contributed by atoms with Crippen molar-refractivity contribution in [2.24, 2.45) is 5.73 Å². The molecule has 0 aromatic heterocycles. The van der Waals surface area contributed by atoms with Crippen LogP contribution in [0.3, 0.4) is 0 Å². The lowest BCUT2D eigenvalue weighted by Gasteiger charge is -2.42. The van der Waals surface area contributed by atoms with Crippen molar-refractivity contribution in [3.63, 3.8) is 0 Å². The summed E-state index contributed by atoms with van der Waals surface area (Å²) < 4.78 is 46.0.